The Morgan fingerprint density at radius 1 is 1.36 bits per heavy atom. The standard InChI is InChI=1S/C22H27N3O3/c1-3-27-19-12-16-11-15(2)28-20(16)13-17(19)14-24-22(26)18-7-6-8-23-21(18)25-9-4-5-10-25/h6-8,12-13,15H,3-5,9-11,14H2,1-2H3,(H,24,26)/t15-/m1/s1. The first-order valence-electron chi connectivity index (χ1n) is 10.1. The molecule has 1 amide bonds. The van der Waals surface area contributed by atoms with E-state index in [1.54, 1.807) is 6.20 Å². The topological polar surface area (TPSA) is 63.7 Å². The molecule has 4 rings (SSSR count). The third-order valence-corrected chi connectivity index (χ3v) is 5.26. The minimum absolute atomic E-state index is 0.118. The summed E-state index contributed by atoms with van der Waals surface area (Å²) in [7, 11) is 0. The van der Waals surface area contributed by atoms with Crippen molar-refractivity contribution in [2.45, 2.75) is 45.8 Å². The number of benzene rings is 1. The van der Waals surface area contributed by atoms with Crippen LogP contribution in [0.5, 0.6) is 11.5 Å². The maximum absolute atomic E-state index is 12.9. The van der Waals surface area contributed by atoms with Crippen molar-refractivity contribution in [3.63, 3.8) is 0 Å². The van der Waals surface area contributed by atoms with Crippen molar-refractivity contribution in [3.05, 3.63) is 47.2 Å². The van der Waals surface area contributed by atoms with Crippen molar-refractivity contribution in [1.29, 1.82) is 0 Å². The molecular formula is C22H27N3O3. The molecule has 0 unspecified atom stereocenters. The predicted molar refractivity (Wildman–Crippen MR) is 108 cm³/mol. The van der Waals surface area contributed by atoms with E-state index in [0.29, 0.717) is 18.7 Å². The molecule has 1 aromatic carbocycles. The molecule has 6 heteroatoms. The molecule has 1 fully saturated rings. The molecule has 148 valence electrons. The van der Waals surface area contributed by atoms with Crippen LogP contribution in [0.1, 0.15) is 48.2 Å². The van der Waals surface area contributed by atoms with Crippen LogP contribution in [0.4, 0.5) is 5.82 Å². The van der Waals surface area contributed by atoms with Gasteiger partial charge in [0.25, 0.3) is 5.91 Å². The van der Waals surface area contributed by atoms with E-state index in [1.807, 2.05) is 31.2 Å². The monoisotopic (exact) mass is 381 g/mol. The Morgan fingerprint density at radius 2 is 2.18 bits per heavy atom. The van der Waals surface area contributed by atoms with Crippen LogP contribution in [-0.2, 0) is 13.0 Å². The number of hydrogen-bond acceptors (Lipinski definition) is 5. The Labute approximate surface area is 165 Å². The first-order valence-corrected chi connectivity index (χ1v) is 10.1. The number of carbonyl (C=O) groups excluding carboxylic acids is 1. The molecule has 2 aliphatic rings. The van der Waals surface area contributed by atoms with Crippen LogP contribution in [0.15, 0.2) is 30.5 Å². The molecule has 0 saturated carbocycles. The zero-order valence-electron chi connectivity index (χ0n) is 16.5. The number of anilines is 1. The van der Waals surface area contributed by atoms with Crippen molar-refractivity contribution >= 4 is 11.7 Å². The van der Waals surface area contributed by atoms with Crippen LogP contribution in [0, 0.1) is 0 Å². The Kier molecular flexibility index (Phi) is 5.37. The number of hydrogen-bond donors (Lipinski definition) is 1. The van der Waals surface area contributed by atoms with Gasteiger partial charge in [-0.15, -0.1) is 0 Å². The number of nitrogens with zero attached hydrogens (tertiary/aromatic N) is 2. The summed E-state index contributed by atoms with van der Waals surface area (Å²) in [4.78, 5) is 19.5. The van der Waals surface area contributed by atoms with Crippen molar-refractivity contribution in [2.24, 2.45) is 0 Å². The average Bonchev–Trinajstić information content (AvgIpc) is 3.35. The molecule has 28 heavy (non-hydrogen) atoms. The number of amides is 1. The fourth-order valence-electron chi connectivity index (χ4n) is 3.94. The molecule has 6 nitrogen and oxygen atoms in total. The van der Waals surface area contributed by atoms with E-state index in [1.165, 1.54) is 0 Å². The van der Waals surface area contributed by atoms with Crippen LogP contribution in [0.25, 0.3) is 0 Å². The molecule has 1 N–H and O–H groups in total. The van der Waals surface area contributed by atoms with E-state index in [4.69, 9.17) is 9.47 Å². The Hall–Kier alpha value is -2.76. The van der Waals surface area contributed by atoms with Crippen molar-refractivity contribution in [1.82, 2.24) is 10.3 Å². The quantitative estimate of drug-likeness (QED) is 0.832. The molecular weight excluding hydrogens is 354 g/mol. The molecule has 2 aliphatic heterocycles. The fourth-order valence-corrected chi connectivity index (χ4v) is 3.94. The molecule has 0 aliphatic carbocycles. The van der Waals surface area contributed by atoms with Gasteiger partial charge in [0.2, 0.25) is 0 Å². The fraction of sp³-hybridized carbons (Fsp3) is 0.455. The van der Waals surface area contributed by atoms with Gasteiger partial charge in [0.15, 0.2) is 0 Å². The van der Waals surface area contributed by atoms with Crippen molar-refractivity contribution in [3.8, 4) is 11.5 Å². The Morgan fingerprint density at radius 3 is 2.96 bits per heavy atom. The average molecular weight is 381 g/mol. The van der Waals surface area contributed by atoms with E-state index in [2.05, 4.69) is 22.1 Å². The summed E-state index contributed by atoms with van der Waals surface area (Å²) in [6.07, 6.45) is 5.09. The second-order valence-electron chi connectivity index (χ2n) is 7.38. The second-order valence-corrected chi connectivity index (χ2v) is 7.38. The van der Waals surface area contributed by atoms with Gasteiger partial charge >= 0.3 is 0 Å². The number of rotatable bonds is 6. The highest BCUT2D eigenvalue weighted by Gasteiger charge is 2.23. The zero-order chi connectivity index (χ0) is 19.5. The Balaban J connectivity index is 1.52. The van der Waals surface area contributed by atoms with Gasteiger partial charge in [0.05, 0.1) is 12.2 Å². The van der Waals surface area contributed by atoms with Crippen LogP contribution < -0.4 is 19.7 Å². The molecule has 0 bridgehead atoms. The summed E-state index contributed by atoms with van der Waals surface area (Å²) in [6, 6.07) is 7.69. The first-order chi connectivity index (χ1) is 13.7. The maximum atomic E-state index is 12.9. The number of pyridine rings is 1. The SMILES string of the molecule is CCOc1cc2c(cc1CNC(=O)c1cccnc1N1CCCC1)O[C@H](C)C2. The molecule has 0 radical (unpaired) electrons. The summed E-state index contributed by atoms with van der Waals surface area (Å²) >= 11 is 0. The summed E-state index contributed by atoms with van der Waals surface area (Å²) in [6.45, 7) is 6.89. The number of aromatic nitrogens is 1. The minimum atomic E-state index is -0.118. The van der Waals surface area contributed by atoms with E-state index >= 15 is 0 Å². The smallest absolute Gasteiger partial charge is 0.255 e. The van der Waals surface area contributed by atoms with E-state index < -0.39 is 0 Å². The van der Waals surface area contributed by atoms with Crippen LogP contribution >= 0.6 is 0 Å². The number of nitrogens with one attached hydrogen (secondary N) is 1. The van der Waals surface area contributed by atoms with Gasteiger partial charge in [-0.2, -0.15) is 0 Å². The molecule has 1 aromatic heterocycles. The summed E-state index contributed by atoms with van der Waals surface area (Å²) in [5.41, 5.74) is 2.71. The van der Waals surface area contributed by atoms with Gasteiger partial charge in [-0.05, 0) is 51.0 Å². The van der Waals surface area contributed by atoms with Crippen LogP contribution in [0.2, 0.25) is 0 Å². The third-order valence-electron chi connectivity index (χ3n) is 5.26. The normalized spacial score (nSPS) is 17.9. The largest absolute Gasteiger partial charge is 0.494 e. The molecule has 0 spiro atoms. The number of ether oxygens (including phenoxy) is 2. The minimum Gasteiger partial charge on any atom is -0.494 e. The van der Waals surface area contributed by atoms with Gasteiger partial charge in [-0.25, -0.2) is 4.98 Å². The van der Waals surface area contributed by atoms with Crippen LogP contribution in [0.3, 0.4) is 0 Å². The molecule has 1 saturated heterocycles. The lowest BCUT2D eigenvalue weighted by Crippen LogP contribution is -2.28. The lowest BCUT2D eigenvalue weighted by atomic mass is 10.1. The molecule has 1 atom stereocenters. The summed E-state index contributed by atoms with van der Waals surface area (Å²) < 4.78 is 11.7. The highest BCUT2D eigenvalue weighted by atomic mass is 16.5. The summed E-state index contributed by atoms with van der Waals surface area (Å²) in [5, 5.41) is 3.04. The van der Waals surface area contributed by atoms with Gasteiger partial charge in [-0.1, -0.05) is 0 Å². The van der Waals surface area contributed by atoms with Gasteiger partial charge in [0, 0.05) is 43.4 Å². The highest BCUT2D eigenvalue weighted by molar-refractivity contribution is 5.98. The Bertz CT molecular complexity index is 862. The predicted octanol–water partition coefficient (Wildman–Crippen LogP) is 3.33. The van der Waals surface area contributed by atoms with Gasteiger partial charge in [-0.3, -0.25) is 4.79 Å². The molecule has 3 heterocycles. The summed E-state index contributed by atoms with van der Waals surface area (Å²) in [5.74, 6) is 2.35. The number of carbonyl (C=O) groups is 1. The maximum Gasteiger partial charge on any atom is 0.255 e. The van der Waals surface area contributed by atoms with Gasteiger partial charge in [0.1, 0.15) is 23.4 Å². The van der Waals surface area contributed by atoms with Crippen molar-refractivity contribution < 1.29 is 14.3 Å². The molecule has 2 aromatic rings. The van der Waals surface area contributed by atoms with Gasteiger partial charge < -0.3 is 19.7 Å². The highest BCUT2D eigenvalue weighted by Crippen LogP contribution is 2.35. The zero-order valence-corrected chi connectivity index (χ0v) is 16.5. The van der Waals surface area contributed by atoms with E-state index in [0.717, 1.165) is 60.8 Å². The van der Waals surface area contributed by atoms with E-state index in [9.17, 15) is 4.79 Å². The first kappa shape index (κ1) is 18.6. The van der Waals surface area contributed by atoms with Crippen LogP contribution in [-0.4, -0.2) is 36.7 Å². The third kappa shape index (κ3) is 3.77. The van der Waals surface area contributed by atoms with E-state index in [-0.39, 0.29) is 12.0 Å². The lowest BCUT2D eigenvalue weighted by Gasteiger charge is -2.19. The second kappa shape index (κ2) is 8.09. The van der Waals surface area contributed by atoms with Crippen molar-refractivity contribution in [2.75, 3.05) is 24.6 Å². The lowest BCUT2D eigenvalue weighted by molar-refractivity contribution is 0.0950. The number of fused-ring (bicyclic) bond motifs is 1.